The quantitative estimate of drug-likeness (QED) is 0.780. The Bertz CT molecular complexity index is 734. The summed E-state index contributed by atoms with van der Waals surface area (Å²) in [5.41, 5.74) is 6.78. The first kappa shape index (κ1) is 13.6. The Hall–Kier alpha value is -2.06. The molecule has 4 rings (SSSR count). The molecule has 22 heavy (non-hydrogen) atoms. The van der Waals surface area contributed by atoms with E-state index in [9.17, 15) is 0 Å². The van der Waals surface area contributed by atoms with E-state index >= 15 is 0 Å². The Balaban J connectivity index is 1.79. The van der Waals surface area contributed by atoms with Gasteiger partial charge in [0.1, 0.15) is 5.75 Å². The summed E-state index contributed by atoms with van der Waals surface area (Å²) in [4.78, 5) is 2.60. The molecule has 0 saturated carbocycles. The summed E-state index contributed by atoms with van der Waals surface area (Å²) >= 11 is 0. The topological polar surface area (TPSA) is 12.5 Å². The number of rotatable bonds is 1. The third-order valence-corrected chi connectivity index (χ3v) is 5.05. The monoisotopic (exact) mass is 291 g/mol. The molecular formula is C20H21NO. The van der Waals surface area contributed by atoms with Crippen LogP contribution in [0.5, 0.6) is 5.75 Å². The van der Waals surface area contributed by atoms with Crippen LogP contribution in [0.2, 0.25) is 0 Å². The van der Waals surface area contributed by atoms with Gasteiger partial charge >= 0.3 is 0 Å². The molecule has 2 nitrogen and oxygen atoms in total. The number of hydrogen-bond acceptors (Lipinski definition) is 2. The molecule has 0 saturated heterocycles. The highest BCUT2D eigenvalue weighted by Crippen LogP contribution is 2.43. The van der Waals surface area contributed by atoms with Crippen molar-refractivity contribution in [1.29, 1.82) is 0 Å². The summed E-state index contributed by atoms with van der Waals surface area (Å²) in [7, 11) is 1.77. The van der Waals surface area contributed by atoms with Crippen molar-refractivity contribution >= 4 is 5.57 Å². The van der Waals surface area contributed by atoms with Crippen LogP contribution < -0.4 is 4.74 Å². The highest BCUT2D eigenvalue weighted by Gasteiger charge is 2.32. The van der Waals surface area contributed by atoms with Gasteiger partial charge in [0.05, 0.1) is 7.11 Å². The van der Waals surface area contributed by atoms with Crippen LogP contribution in [0.3, 0.4) is 0 Å². The van der Waals surface area contributed by atoms with Crippen LogP contribution in [0.1, 0.15) is 34.7 Å². The maximum absolute atomic E-state index is 5.57. The van der Waals surface area contributed by atoms with E-state index in [0.717, 1.165) is 31.7 Å². The van der Waals surface area contributed by atoms with Gasteiger partial charge in [-0.05, 0) is 41.2 Å². The van der Waals surface area contributed by atoms with Crippen molar-refractivity contribution in [2.24, 2.45) is 0 Å². The first-order chi connectivity index (χ1) is 10.8. The normalized spacial score (nSPS) is 20.6. The lowest BCUT2D eigenvalue weighted by atomic mass is 9.88. The standard InChI is InChI=1S/C20H21NO/c1-14-12-19-17-8-5-9-20(22-2)18(17)10-11-21(19)13-15-6-3-4-7-16(14)15/h3-9,19H,1,10-13H2,2H3. The lowest BCUT2D eigenvalue weighted by Crippen LogP contribution is -2.34. The SMILES string of the molecule is C=C1CC2c3cccc(OC)c3CCN2Cc2ccccc21. The van der Waals surface area contributed by atoms with Crippen molar-refractivity contribution in [3.8, 4) is 5.75 Å². The average molecular weight is 291 g/mol. The zero-order valence-electron chi connectivity index (χ0n) is 13.0. The summed E-state index contributed by atoms with van der Waals surface area (Å²) in [5, 5.41) is 0. The molecule has 2 aromatic carbocycles. The smallest absolute Gasteiger partial charge is 0.122 e. The minimum absolute atomic E-state index is 0.416. The molecule has 2 aliphatic heterocycles. The van der Waals surface area contributed by atoms with Gasteiger partial charge in [0.15, 0.2) is 0 Å². The molecule has 0 bridgehead atoms. The van der Waals surface area contributed by atoms with Crippen LogP contribution in [0, 0.1) is 0 Å². The molecule has 0 fully saturated rings. The van der Waals surface area contributed by atoms with Gasteiger partial charge in [-0.25, -0.2) is 0 Å². The lowest BCUT2D eigenvalue weighted by molar-refractivity contribution is 0.180. The van der Waals surface area contributed by atoms with Crippen molar-refractivity contribution in [2.75, 3.05) is 13.7 Å². The highest BCUT2D eigenvalue weighted by atomic mass is 16.5. The number of hydrogen-bond donors (Lipinski definition) is 0. The summed E-state index contributed by atoms with van der Waals surface area (Å²) in [6.07, 6.45) is 2.06. The van der Waals surface area contributed by atoms with Gasteiger partial charge in [0, 0.05) is 24.7 Å². The van der Waals surface area contributed by atoms with Crippen LogP contribution in [-0.2, 0) is 13.0 Å². The highest BCUT2D eigenvalue weighted by molar-refractivity contribution is 5.68. The fraction of sp³-hybridized carbons (Fsp3) is 0.300. The first-order valence-corrected chi connectivity index (χ1v) is 7.94. The molecule has 0 radical (unpaired) electrons. The summed E-state index contributed by atoms with van der Waals surface area (Å²) < 4.78 is 5.57. The molecule has 112 valence electrons. The maximum Gasteiger partial charge on any atom is 0.122 e. The van der Waals surface area contributed by atoms with E-state index in [4.69, 9.17) is 4.74 Å². The number of benzene rings is 2. The van der Waals surface area contributed by atoms with Gasteiger partial charge in [0.2, 0.25) is 0 Å². The van der Waals surface area contributed by atoms with E-state index in [1.165, 1.54) is 27.8 Å². The summed E-state index contributed by atoms with van der Waals surface area (Å²) in [6.45, 7) is 6.46. The van der Waals surface area contributed by atoms with Crippen molar-refractivity contribution in [3.05, 3.63) is 71.3 Å². The van der Waals surface area contributed by atoms with E-state index in [1.54, 1.807) is 7.11 Å². The Morgan fingerprint density at radius 1 is 1.14 bits per heavy atom. The molecule has 0 amide bonds. The van der Waals surface area contributed by atoms with Crippen LogP contribution in [-0.4, -0.2) is 18.6 Å². The zero-order valence-corrected chi connectivity index (χ0v) is 13.0. The molecule has 2 aliphatic rings. The van der Waals surface area contributed by atoms with Gasteiger partial charge in [-0.2, -0.15) is 0 Å². The predicted molar refractivity (Wildman–Crippen MR) is 89.9 cm³/mol. The molecule has 1 unspecified atom stereocenters. The summed E-state index contributed by atoms with van der Waals surface area (Å²) in [5.74, 6) is 1.03. The number of fused-ring (bicyclic) bond motifs is 4. The lowest BCUT2D eigenvalue weighted by Gasteiger charge is -2.36. The molecule has 0 aliphatic carbocycles. The minimum atomic E-state index is 0.416. The molecule has 0 N–H and O–H groups in total. The van der Waals surface area contributed by atoms with Crippen LogP contribution >= 0.6 is 0 Å². The Labute approximate surface area is 132 Å². The molecule has 0 spiro atoms. The predicted octanol–water partition coefficient (Wildman–Crippen LogP) is 4.21. The number of nitrogens with zero attached hydrogens (tertiary/aromatic N) is 1. The second-order valence-corrected chi connectivity index (χ2v) is 6.23. The van der Waals surface area contributed by atoms with E-state index in [1.807, 2.05) is 0 Å². The second-order valence-electron chi connectivity index (χ2n) is 6.23. The molecule has 2 heterocycles. The van der Waals surface area contributed by atoms with E-state index in [-0.39, 0.29) is 0 Å². The Morgan fingerprint density at radius 2 is 2.00 bits per heavy atom. The third kappa shape index (κ3) is 2.06. The average Bonchev–Trinajstić information content (AvgIpc) is 2.70. The Morgan fingerprint density at radius 3 is 2.86 bits per heavy atom. The Kier molecular flexibility index (Phi) is 3.27. The van der Waals surface area contributed by atoms with E-state index in [0.29, 0.717) is 6.04 Å². The molecule has 2 heteroatoms. The van der Waals surface area contributed by atoms with Crippen molar-refractivity contribution in [1.82, 2.24) is 4.90 Å². The van der Waals surface area contributed by atoms with E-state index in [2.05, 4.69) is 53.9 Å². The summed E-state index contributed by atoms with van der Waals surface area (Å²) in [6, 6.07) is 15.6. The van der Waals surface area contributed by atoms with Crippen molar-refractivity contribution in [3.63, 3.8) is 0 Å². The fourth-order valence-electron chi connectivity index (χ4n) is 3.96. The van der Waals surface area contributed by atoms with Gasteiger partial charge in [-0.1, -0.05) is 43.0 Å². The fourth-order valence-corrected chi connectivity index (χ4v) is 3.96. The van der Waals surface area contributed by atoms with Gasteiger partial charge in [0.25, 0.3) is 0 Å². The third-order valence-electron chi connectivity index (χ3n) is 5.05. The van der Waals surface area contributed by atoms with Crippen molar-refractivity contribution in [2.45, 2.75) is 25.4 Å². The largest absolute Gasteiger partial charge is 0.496 e. The van der Waals surface area contributed by atoms with Gasteiger partial charge in [-0.15, -0.1) is 0 Å². The van der Waals surface area contributed by atoms with Gasteiger partial charge in [-0.3, -0.25) is 4.90 Å². The van der Waals surface area contributed by atoms with E-state index < -0.39 is 0 Å². The van der Waals surface area contributed by atoms with Gasteiger partial charge < -0.3 is 4.74 Å². The second kappa shape index (κ2) is 5.29. The van der Waals surface area contributed by atoms with Crippen molar-refractivity contribution < 1.29 is 4.74 Å². The van der Waals surface area contributed by atoms with Crippen LogP contribution in [0.4, 0.5) is 0 Å². The molecule has 0 aromatic heterocycles. The minimum Gasteiger partial charge on any atom is -0.496 e. The zero-order chi connectivity index (χ0) is 15.1. The molecule has 1 atom stereocenters. The first-order valence-electron chi connectivity index (χ1n) is 7.94. The van der Waals surface area contributed by atoms with Crippen LogP contribution in [0.25, 0.3) is 5.57 Å². The molecular weight excluding hydrogens is 270 g/mol. The number of methoxy groups -OCH3 is 1. The molecule has 2 aromatic rings. The maximum atomic E-state index is 5.57. The van der Waals surface area contributed by atoms with Crippen LogP contribution in [0.15, 0.2) is 49.0 Å². The number of ether oxygens (including phenoxy) is 1.